The highest BCUT2D eigenvalue weighted by molar-refractivity contribution is 5.83. The van der Waals surface area contributed by atoms with Gasteiger partial charge in [0, 0.05) is 0 Å². The Hall–Kier alpha value is -2.41. The van der Waals surface area contributed by atoms with E-state index in [1.165, 1.54) is 0 Å². The van der Waals surface area contributed by atoms with Crippen LogP contribution in [0.5, 0.6) is 0 Å². The molecule has 0 aliphatic carbocycles. The first kappa shape index (κ1) is 38.6. The Labute approximate surface area is 241 Å². The van der Waals surface area contributed by atoms with Crippen molar-refractivity contribution in [3.63, 3.8) is 0 Å². The number of rotatable bonds is 21. The van der Waals surface area contributed by atoms with Gasteiger partial charge in [-0.05, 0) is 65.0 Å². The lowest BCUT2D eigenvalue weighted by molar-refractivity contribution is -0.189. The Balaban J connectivity index is 5.69. The van der Waals surface area contributed by atoms with Crippen molar-refractivity contribution >= 4 is 23.9 Å². The maximum absolute atomic E-state index is 13.9. The van der Waals surface area contributed by atoms with Crippen LogP contribution in [-0.2, 0) is 38.1 Å². The first-order chi connectivity index (χ1) is 19.2. The molecule has 0 aliphatic heterocycles. The second-order valence-electron chi connectivity index (χ2n) is 9.95. The number of hydrogen-bond donors (Lipinski definition) is 2. The van der Waals surface area contributed by atoms with Gasteiger partial charge in [0.05, 0.1) is 45.2 Å². The largest absolute Gasteiger partial charge is 0.466 e. The molecule has 2 N–H and O–H groups in total. The minimum atomic E-state index is -4.49. The average molecular weight is 599 g/mol. The predicted octanol–water partition coefficient (Wildman–Crippen LogP) is 3.80. The zero-order chi connectivity index (χ0) is 31.6. The van der Waals surface area contributed by atoms with Crippen molar-refractivity contribution in [3.8, 4) is 0 Å². The molecule has 6 unspecified atom stereocenters. The predicted molar refractivity (Wildman–Crippen MR) is 146 cm³/mol. The van der Waals surface area contributed by atoms with E-state index in [0.717, 1.165) is 6.92 Å². The molecule has 0 saturated heterocycles. The van der Waals surface area contributed by atoms with E-state index in [4.69, 9.17) is 18.9 Å². The van der Waals surface area contributed by atoms with E-state index in [1.807, 2.05) is 6.92 Å². The molecule has 41 heavy (non-hydrogen) atoms. The zero-order valence-electron chi connectivity index (χ0n) is 25.4. The minimum Gasteiger partial charge on any atom is -0.466 e. The summed E-state index contributed by atoms with van der Waals surface area (Å²) in [6.07, 6.45) is -4.30. The van der Waals surface area contributed by atoms with Crippen molar-refractivity contribution in [2.75, 3.05) is 39.5 Å². The Kier molecular flexibility index (Phi) is 19.3. The third-order valence-corrected chi connectivity index (χ3v) is 6.80. The van der Waals surface area contributed by atoms with Crippen molar-refractivity contribution in [3.05, 3.63) is 0 Å². The standard InChI is InChI=1S/C28H49F3N2O8/c1-8-20(13-18(6)16-32-22(26(36)40-11-4)14-24(34)38-9-2)21(19(7)28(29,30)31)17-33-23(27(37)41-12-5)15-25(35)39-10-3/h18-23,32-33H,8-17H2,1-7H3. The molecule has 0 aromatic carbocycles. The molecule has 0 heterocycles. The van der Waals surface area contributed by atoms with E-state index in [0.29, 0.717) is 12.8 Å². The van der Waals surface area contributed by atoms with E-state index in [-0.39, 0.29) is 58.3 Å². The van der Waals surface area contributed by atoms with Crippen LogP contribution >= 0.6 is 0 Å². The number of halogens is 3. The molecule has 240 valence electrons. The van der Waals surface area contributed by atoms with E-state index < -0.39 is 59.9 Å². The summed E-state index contributed by atoms with van der Waals surface area (Å²) in [5, 5.41) is 5.85. The number of esters is 4. The summed E-state index contributed by atoms with van der Waals surface area (Å²) in [4.78, 5) is 48.8. The molecule has 0 aromatic heterocycles. The van der Waals surface area contributed by atoms with Crippen LogP contribution in [0, 0.1) is 23.7 Å². The highest BCUT2D eigenvalue weighted by Crippen LogP contribution is 2.38. The van der Waals surface area contributed by atoms with Crippen LogP contribution < -0.4 is 10.6 Å². The van der Waals surface area contributed by atoms with E-state index in [1.54, 1.807) is 34.6 Å². The number of nitrogens with one attached hydrogen (secondary N) is 2. The fourth-order valence-corrected chi connectivity index (χ4v) is 4.60. The van der Waals surface area contributed by atoms with E-state index in [9.17, 15) is 32.3 Å². The Morgan fingerprint density at radius 3 is 1.46 bits per heavy atom. The monoisotopic (exact) mass is 598 g/mol. The second kappa shape index (κ2) is 20.5. The number of alkyl halides is 3. The molecule has 0 amide bonds. The second-order valence-corrected chi connectivity index (χ2v) is 9.95. The lowest BCUT2D eigenvalue weighted by Crippen LogP contribution is -2.47. The van der Waals surface area contributed by atoms with Crippen molar-refractivity contribution in [2.45, 2.75) is 92.4 Å². The van der Waals surface area contributed by atoms with Gasteiger partial charge in [0.15, 0.2) is 0 Å². The van der Waals surface area contributed by atoms with Crippen LogP contribution in [0.4, 0.5) is 13.2 Å². The Morgan fingerprint density at radius 2 is 1.10 bits per heavy atom. The highest BCUT2D eigenvalue weighted by Gasteiger charge is 2.44. The quantitative estimate of drug-likeness (QED) is 0.149. The van der Waals surface area contributed by atoms with Crippen LogP contribution in [0.25, 0.3) is 0 Å². The molecule has 6 atom stereocenters. The molecule has 13 heteroatoms. The van der Waals surface area contributed by atoms with Gasteiger partial charge in [0.2, 0.25) is 0 Å². The molecule has 0 rings (SSSR count). The molecule has 0 aliphatic rings. The van der Waals surface area contributed by atoms with Crippen LogP contribution in [0.15, 0.2) is 0 Å². The van der Waals surface area contributed by atoms with Gasteiger partial charge >= 0.3 is 30.1 Å². The molecule has 0 bridgehead atoms. The normalized spacial score (nSPS) is 16.0. The summed E-state index contributed by atoms with van der Waals surface area (Å²) in [5.74, 6) is -5.82. The first-order valence-electron chi connectivity index (χ1n) is 14.4. The summed E-state index contributed by atoms with van der Waals surface area (Å²) in [6, 6.07) is -2.10. The summed E-state index contributed by atoms with van der Waals surface area (Å²) < 4.78 is 61.7. The fraction of sp³-hybridized carbons (Fsp3) is 0.857. The average Bonchev–Trinajstić information content (AvgIpc) is 2.89. The van der Waals surface area contributed by atoms with E-state index >= 15 is 0 Å². The molecule has 0 aromatic rings. The van der Waals surface area contributed by atoms with Crippen molar-refractivity contribution in [2.24, 2.45) is 23.7 Å². The van der Waals surface area contributed by atoms with Crippen molar-refractivity contribution in [1.82, 2.24) is 10.6 Å². The van der Waals surface area contributed by atoms with Gasteiger partial charge in [-0.2, -0.15) is 13.2 Å². The SMILES string of the molecule is CCOC(=O)CC(NCC(C)CC(CC)C(CNC(CC(=O)OCC)C(=O)OCC)C(C)C(F)(F)F)C(=O)OCC. The first-order valence-corrected chi connectivity index (χ1v) is 14.4. The highest BCUT2D eigenvalue weighted by atomic mass is 19.4. The molecule has 10 nitrogen and oxygen atoms in total. The van der Waals surface area contributed by atoms with Crippen LogP contribution in [-0.4, -0.2) is 81.7 Å². The van der Waals surface area contributed by atoms with Gasteiger partial charge < -0.3 is 29.6 Å². The lowest BCUT2D eigenvalue weighted by atomic mass is 9.76. The molecular formula is C28H49F3N2O8. The molecule has 0 fully saturated rings. The number of carbonyl (C=O) groups excluding carboxylic acids is 4. The summed E-state index contributed by atoms with van der Waals surface area (Å²) in [7, 11) is 0. The molecular weight excluding hydrogens is 549 g/mol. The fourth-order valence-electron chi connectivity index (χ4n) is 4.60. The van der Waals surface area contributed by atoms with E-state index in [2.05, 4.69) is 10.6 Å². The molecule has 0 radical (unpaired) electrons. The smallest absolute Gasteiger partial charge is 0.391 e. The van der Waals surface area contributed by atoms with Gasteiger partial charge in [-0.1, -0.05) is 27.2 Å². The van der Waals surface area contributed by atoms with Gasteiger partial charge in [0.25, 0.3) is 0 Å². The van der Waals surface area contributed by atoms with Crippen LogP contribution in [0.1, 0.15) is 74.1 Å². The molecule has 0 saturated carbocycles. The number of hydrogen-bond acceptors (Lipinski definition) is 10. The lowest BCUT2D eigenvalue weighted by Gasteiger charge is -2.35. The van der Waals surface area contributed by atoms with Gasteiger partial charge in [-0.15, -0.1) is 0 Å². The topological polar surface area (TPSA) is 129 Å². The Bertz CT molecular complexity index is 797. The number of ether oxygens (including phenoxy) is 4. The van der Waals surface area contributed by atoms with Crippen LogP contribution in [0.2, 0.25) is 0 Å². The Morgan fingerprint density at radius 1 is 0.683 bits per heavy atom. The third-order valence-electron chi connectivity index (χ3n) is 6.80. The molecule has 0 spiro atoms. The van der Waals surface area contributed by atoms with Crippen molar-refractivity contribution in [1.29, 1.82) is 0 Å². The van der Waals surface area contributed by atoms with Crippen molar-refractivity contribution < 1.29 is 51.3 Å². The van der Waals surface area contributed by atoms with Gasteiger partial charge in [-0.3, -0.25) is 19.2 Å². The minimum absolute atomic E-state index is 0.0489. The zero-order valence-corrected chi connectivity index (χ0v) is 25.4. The van der Waals surface area contributed by atoms with Crippen LogP contribution in [0.3, 0.4) is 0 Å². The summed E-state index contributed by atoms with van der Waals surface area (Å²) in [6.45, 7) is 11.7. The maximum Gasteiger partial charge on any atom is 0.391 e. The maximum atomic E-state index is 13.9. The number of carbonyl (C=O) groups is 4. The van der Waals surface area contributed by atoms with Gasteiger partial charge in [0.1, 0.15) is 12.1 Å². The summed E-state index contributed by atoms with van der Waals surface area (Å²) in [5.41, 5.74) is 0. The van der Waals surface area contributed by atoms with Gasteiger partial charge in [-0.25, -0.2) is 0 Å². The summed E-state index contributed by atoms with van der Waals surface area (Å²) >= 11 is 0. The third kappa shape index (κ3) is 15.4.